The Kier molecular flexibility index (Phi) is 12.0. The largest absolute Gasteiger partial charge is 0.379 e. The second kappa shape index (κ2) is 13.3. The highest BCUT2D eigenvalue weighted by atomic mass is 127. The zero-order chi connectivity index (χ0) is 19.6. The summed E-state index contributed by atoms with van der Waals surface area (Å²) in [4.78, 5) is 9.52. The van der Waals surface area contributed by atoms with E-state index in [1.165, 1.54) is 11.1 Å². The molecule has 0 aliphatic carbocycles. The highest BCUT2D eigenvalue weighted by Crippen LogP contribution is 2.17. The van der Waals surface area contributed by atoms with Gasteiger partial charge in [0, 0.05) is 32.2 Å². The Balaban J connectivity index is 0.00000392. The second-order valence-electron chi connectivity index (χ2n) is 7.49. The third kappa shape index (κ3) is 8.23. The van der Waals surface area contributed by atoms with E-state index in [1.54, 1.807) is 0 Å². The maximum Gasteiger partial charge on any atom is 0.191 e. The van der Waals surface area contributed by atoms with Gasteiger partial charge in [0.2, 0.25) is 0 Å². The molecular formula is C21H38IN5O. The molecule has 2 unspecified atom stereocenters. The van der Waals surface area contributed by atoms with Gasteiger partial charge in [-0.1, -0.05) is 29.8 Å². The maximum absolute atomic E-state index is 5.44. The predicted octanol–water partition coefficient (Wildman–Crippen LogP) is 2.49. The molecule has 1 heterocycles. The Hall–Kier alpha value is -0.900. The Morgan fingerprint density at radius 3 is 2.39 bits per heavy atom. The molecule has 1 aromatic rings. The molecule has 7 heteroatoms. The molecule has 1 saturated heterocycles. The fourth-order valence-electron chi connectivity index (χ4n) is 3.28. The average molecular weight is 503 g/mol. The molecule has 2 rings (SSSR count). The normalized spacial score (nSPS) is 17.7. The van der Waals surface area contributed by atoms with Gasteiger partial charge in [0.1, 0.15) is 0 Å². The molecule has 1 fully saturated rings. The number of nitrogens with one attached hydrogen (secondary N) is 2. The van der Waals surface area contributed by atoms with Crippen molar-refractivity contribution < 1.29 is 4.74 Å². The van der Waals surface area contributed by atoms with Gasteiger partial charge >= 0.3 is 0 Å². The minimum Gasteiger partial charge on any atom is -0.379 e. The molecular weight excluding hydrogens is 465 g/mol. The molecule has 0 spiro atoms. The van der Waals surface area contributed by atoms with E-state index in [0.29, 0.717) is 12.1 Å². The summed E-state index contributed by atoms with van der Waals surface area (Å²) in [7, 11) is 4.24. The summed E-state index contributed by atoms with van der Waals surface area (Å²) < 4.78 is 5.44. The van der Waals surface area contributed by atoms with Gasteiger partial charge in [-0.15, -0.1) is 24.0 Å². The Bertz CT molecular complexity index is 573. The van der Waals surface area contributed by atoms with Crippen molar-refractivity contribution >= 4 is 29.9 Å². The summed E-state index contributed by atoms with van der Waals surface area (Å²) in [5.41, 5.74) is 2.60. The van der Waals surface area contributed by atoms with Gasteiger partial charge < -0.3 is 20.3 Å². The highest BCUT2D eigenvalue weighted by molar-refractivity contribution is 14.0. The number of hydrogen-bond donors (Lipinski definition) is 2. The topological polar surface area (TPSA) is 52.1 Å². The van der Waals surface area contributed by atoms with Crippen LogP contribution in [0.4, 0.5) is 0 Å². The Morgan fingerprint density at radius 2 is 1.82 bits per heavy atom. The number of likely N-dealkylation sites (N-methyl/N-ethyl adjacent to an activating group) is 1. The molecule has 0 bridgehead atoms. The van der Waals surface area contributed by atoms with Crippen LogP contribution in [0.5, 0.6) is 0 Å². The number of aryl methyl sites for hydroxylation is 1. The molecule has 1 aromatic carbocycles. The molecule has 6 nitrogen and oxygen atoms in total. The van der Waals surface area contributed by atoms with Crippen LogP contribution in [-0.2, 0) is 4.74 Å². The van der Waals surface area contributed by atoms with E-state index in [1.807, 2.05) is 0 Å². The summed E-state index contributed by atoms with van der Waals surface area (Å²) in [6.07, 6.45) is 0. The number of aliphatic imine (C=N–C) groups is 1. The van der Waals surface area contributed by atoms with Crippen LogP contribution in [0.3, 0.4) is 0 Å². The summed E-state index contributed by atoms with van der Waals surface area (Å²) in [5, 5.41) is 6.90. The fourth-order valence-corrected chi connectivity index (χ4v) is 3.28. The summed E-state index contributed by atoms with van der Waals surface area (Å²) in [6, 6.07) is 9.50. The van der Waals surface area contributed by atoms with E-state index in [4.69, 9.17) is 9.73 Å². The van der Waals surface area contributed by atoms with E-state index in [9.17, 15) is 0 Å². The maximum atomic E-state index is 5.44. The van der Waals surface area contributed by atoms with Gasteiger partial charge in [0.25, 0.3) is 0 Å². The fraction of sp³-hybridized carbons (Fsp3) is 0.667. The lowest BCUT2D eigenvalue weighted by molar-refractivity contribution is 0.0220. The van der Waals surface area contributed by atoms with Crippen molar-refractivity contribution in [1.82, 2.24) is 20.4 Å². The van der Waals surface area contributed by atoms with Gasteiger partial charge in [-0.25, -0.2) is 0 Å². The monoisotopic (exact) mass is 503 g/mol. The van der Waals surface area contributed by atoms with Crippen molar-refractivity contribution in [3.8, 4) is 0 Å². The molecule has 1 aliphatic heterocycles. The number of ether oxygens (including phenoxy) is 1. The first-order valence-corrected chi connectivity index (χ1v) is 10.1. The number of rotatable bonds is 8. The minimum atomic E-state index is 0. The molecule has 0 aromatic heterocycles. The number of halogens is 1. The van der Waals surface area contributed by atoms with E-state index in [2.05, 4.69) is 79.6 Å². The summed E-state index contributed by atoms with van der Waals surface area (Å²) in [6.45, 7) is 12.6. The first kappa shape index (κ1) is 25.1. The molecule has 2 atom stereocenters. The van der Waals surface area contributed by atoms with Gasteiger partial charge in [-0.2, -0.15) is 0 Å². The van der Waals surface area contributed by atoms with Crippen molar-refractivity contribution in [1.29, 1.82) is 0 Å². The SMILES string of the molecule is CCNC(=NCC(C)N1CCOCC1)NCC(c1ccc(C)cc1)N(C)C.I. The van der Waals surface area contributed by atoms with Crippen molar-refractivity contribution in [3.63, 3.8) is 0 Å². The van der Waals surface area contributed by atoms with Gasteiger partial charge in [-0.05, 0) is 40.4 Å². The Labute approximate surface area is 188 Å². The third-order valence-electron chi connectivity index (χ3n) is 5.08. The quantitative estimate of drug-likeness (QED) is 0.325. The van der Waals surface area contributed by atoms with Crippen LogP contribution in [0, 0.1) is 6.92 Å². The van der Waals surface area contributed by atoms with E-state index in [-0.39, 0.29) is 24.0 Å². The minimum absolute atomic E-state index is 0. The van der Waals surface area contributed by atoms with E-state index in [0.717, 1.165) is 51.9 Å². The zero-order valence-electron chi connectivity index (χ0n) is 18.1. The van der Waals surface area contributed by atoms with Crippen molar-refractivity contribution in [2.45, 2.75) is 32.9 Å². The van der Waals surface area contributed by atoms with Gasteiger partial charge in [-0.3, -0.25) is 9.89 Å². The smallest absolute Gasteiger partial charge is 0.191 e. The van der Waals surface area contributed by atoms with Crippen LogP contribution < -0.4 is 10.6 Å². The van der Waals surface area contributed by atoms with Gasteiger partial charge in [0.15, 0.2) is 5.96 Å². The number of morpholine rings is 1. The standard InChI is InChI=1S/C21H37N5O.HI/c1-6-22-21(23-15-18(3)26-11-13-27-14-12-26)24-16-20(25(4)5)19-9-7-17(2)8-10-19;/h7-10,18,20H,6,11-16H2,1-5H3,(H2,22,23,24);1H. The van der Waals surface area contributed by atoms with Crippen LogP contribution >= 0.6 is 24.0 Å². The number of benzene rings is 1. The van der Waals surface area contributed by atoms with E-state index < -0.39 is 0 Å². The van der Waals surface area contributed by atoms with Crippen LogP contribution in [0.2, 0.25) is 0 Å². The van der Waals surface area contributed by atoms with Crippen LogP contribution in [0.1, 0.15) is 31.0 Å². The third-order valence-corrected chi connectivity index (χ3v) is 5.08. The molecule has 0 saturated carbocycles. The molecule has 0 radical (unpaired) electrons. The first-order chi connectivity index (χ1) is 13.0. The number of nitrogens with zero attached hydrogens (tertiary/aromatic N) is 3. The number of guanidine groups is 1. The van der Waals surface area contributed by atoms with Crippen LogP contribution in [0.25, 0.3) is 0 Å². The molecule has 28 heavy (non-hydrogen) atoms. The lowest BCUT2D eigenvalue weighted by Gasteiger charge is -2.31. The summed E-state index contributed by atoms with van der Waals surface area (Å²) in [5.74, 6) is 0.886. The Morgan fingerprint density at radius 1 is 1.18 bits per heavy atom. The van der Waals surface area contributed by atoms with Crippen LogP contribution in [-0.4, -0.2) is 81.8 Å². The lowest BCUT2D eigenvalue weighted by atomic mass is 10.0. The highest BCUT2D eigenvalue weighted by Gasteiger charge is 2.17. The molecule has 2 N–H and O–H groups in total. The second-order valence-corrected chi connectivity index (χ2v) is 7.49. The lowest BCUT2D eigenvalue weighted by Crippen LogP contribution is -2.45. The molecule has 160 valence electrons. The zero-order valence-corrected chi connectivity index (χ0v) is 20.4. The molecule has 1 aliphatic rings. The van der Waals surface area contributed by atoms with Crippen LogP contribution in [0.15, 0.2) is 29.3 Å². The van der Waals surface area contributed by atoms with Crippen molar-refractivity contribution in [2.24, 2.45) is 4.99 Å². The van der Waals surface area contributed by atoms with Crippen molar-refractivity contribution in [2.75, 3.05) is 60.0 Å². The first-order valence-electron chi connectivity index (χ1n) is 10.1. The molecule has 0 amide bonds. The summed E-state index contributed by atoms with van der Waals surface area (Å²) >= 11 is 0. The van der Waals surface area contributed by atoms with Crippen molar-refractivity contribution in [3.05, 3.63) is 35.4 Å². The number of hydrogen-bond acceptors (Lipinski definition) is 4. The van der Waals surface area contributed by atoms with Gasteiger partial charge in [0.05, 0.1) is 25.8 Å². The predicted molar refractivity (Wildman–Crippen MR) is 129 cm³/mol. The average Bonchev–Trinajstić information content (AvgIpc) is 2.67. The van der Waals surface area contributed by atoms with E-state index >= 15 is 0 Å².